The first-order valence-corrected chi connectivity index (χ1v) is 5.90. The number of hydrogen-bond acceptors (Lipinski definition) is 3. The van der Waals surface area contributed by atoms with Crippen molar-refractivity contribution in [1.29, 1.82) is 0 Å². The molecule has 1 aromatic rings. The first kappa shape index (κ1) is 12.1. The van der Waals surface area contributed by atoms with Gasteiger partial charge in [-0.1, -0.05) is 30.3 Å². The van der Waals surface area contributed by atoms with Crippen LogP contribution in [0.2, 0.25) is 0 Å². The summed E-state index contributed by atoms with van der Waals surface area (Å²) in [7, 11) is 1.62. The lowest BCUT2D eigenvalue weighted by atomic mass is 10.0. The summed E-state index contributed by atoms with van der Waals surface area (Å²) in [6.45, 7) is 0. The number of aliphatic hydroxyl groups excluding tert-OH is 1. The molecule has 0 saturated heterocycles. The zero-order chi connectivity index (χ0) is 12.1. The summed E-state index contributed by atoms with van der Waals surface area (Å²) in [5.74, 6) is 0.807. The summed E-state index contributed by atoms with van der Waals surface area (Å²) in [5, 5.41) is 9.50. The van der Waals surface area contributed by atoms with Crippen molar-refractivity contribution in [2.45, 2.75) is 31.7 Å². The molecular weight excluding hydrogens is 216 g/mol. The molecule has 0 aliphatic carbocycles. The van der Waals surface area contributed by atoms with E-state index in [9.17, 15) is 5.11 Å². The first-order valence-electron chi connectivity index (χ1n) is 5.90. The SMILES string of the molecule is COC1=CC(O)OC(CCc2ccccc2)C1. The minimum absolute atomic E-state index is 0.0326. The van der Waals surface area contributed by atoms with Crippen molar-refractivity contribution in [2.24, 2.45) is 0 Å². The smallest absolute Gasteiger partial charge is 0.177 e. The molecule has 92 valence electrons. The third-order valence-corrected chi connectivity index (χ3v) is 2.95. The van der Waals surface area contributed by atoms with Gasteiger partial charge in [0, 0.05) is 12.5 Å². The third-order valence-electron chi connectivity index (χ3n) is 2.95. The molecule has 0 amide bonds. The summed E-state index contributed by atoms with van der Waals surface area (Å²) in [6.07, 6.45) is 3.39. The number of rotatable bonds is 4. The summed E-state index contributed by atoms with van der Waals surface area (Å²) >= 11 is 0. The van der Waals surface area contributed by atoms with Gasteiger partial charge in [-0.2, -0.15) is 0 Å². The molecule has 2 unspecified atom stereocenters. The van der Waals surface area contributed by atoms with E-state index in [1.165, 1.54) is 5.56 Å². The highest BCUT2D eigenvalue weighted by Crippen LogP contribution is 2.22. The molecule has 0 saturated carbocycles. The first-order chi connectivity index (χ1) is 8.28. The molecule has 2 rings (SSSR count). The molecule has 3 nitrogen and oxygen atoms in total. The van der Waals surface area contributed by atoms with Gasteiger partial charge >= 0.3 is 0 Å². The minimum atomic E-state index is -0.834. The molecule has 0 bridgehead atoms. The maximum absolute atomic E-state index is 9.50. The van der Waals surface area contributed by atoms with Crippen LogP contribution < -0.4 is 0 Å². The molecule has 3 heteroatoms. The number of methoxy groups -OCH3 is 1. The Bertz CT molecular complexity index is 372. The highest BCUT2D eigenvalue weighted by Gasteiger charge is 2.21. The maximum Gasteiger partial charge on any atom is 0.177 e. The summed E-state index contributed by atoms with van der Waals surface area (Å²) in [5.41, 5.74) is 1.29. The van der Waals surface area contributed by atoms with Gasteiger partial charge in [-0.25, -0.2) is 0 Å². The monoisotopic (exact) mass is 234 g/mol. The zero-order valence-corrected chi connectivity index (χ0v) is 10.0. The average molecular weight is 234 g/mol. The molecule has 1 aliphatic heterocycles. The predicted molar refractivity (Wildman–Crippen MR) is 65.4 cm³/mol. The molecule has 17 heavy (non-hydrogen) atoms. The van der Waals surface area contributed by atoms with Gasteiger partial charge in [0.15, 0.2) is 6.29 Å². The lowest BCUT2D eigenvalue weighted by Crippen LogP contribution is -2.27. The second kappa shape index (κ2) is 5.84. The summed E-state index contributed by atoms with van der Waals surface area (Å²) in [6, 6.07) is 10.3. The molecule has 1 aliphatic rings. The van der Waals surface area contributed by atoms with Crippen LogP contribution in [0.25, 0.3) is 0 Å². The van der Waals surface area contributed by atoms with E-state index in [4.69, 9.17) is 9.47 Å². The fraction of sp³-hybridized carbons (Fsp3) is 0.429. The van der Waals surface area contributed by atoms with E-state index in [0.717, 1.165) is 25.0 Å². The molecular formula is C14H18O3. The van der Waals surface area contributed by atoms with E-state index < -0.39 is 6.29 Å². The van der Waals surface area contributed by atoms with Crippen LogP contribution in [0.3, 0.4) is 0 Å². The largest absolute Gasteiger partial charge is 0.501 e. The normalized spacial score (nSPS) is 24.2. The number of ether oxygens (including phenoxy) is 2. The molecule has 1 heterocycles. The average Bonchev–Trinajstić information content (AvgIpc) is 2.37. The van der Waals surface area contributed by atoms with Crippen molar-refractivity contribution in [3.05, 3.63) is 47.7 Å². The quantitative estimate of drug-likeness (QED) is 0.868. The van der Waals surface area contributed by atoms with Crippen LogP contribution in [0.4, 0.5) is 0 Å². The van der Waals surface area contributed by atoms with Crippen molar-refractivity contribution >= 4 is 0 Å². The van der Waals surface area contributed by atoms with E-state index in [1.54, 1.807) is 13.2 Å². The maximum atomic E-state index is 9.50. The minimum Gasteiger partial charge on any atom is -0.501 e. The fourth-order valence-corrected chi connectivity index (χ4v) is 2.03. The fourth-order valence-electron chi connectivity index (χ4n) is 2.03. The van der Waals surface area contributed by atoms with Gasteiger partial charge in [0.05, 0.1) is 19.0 Å². The molecule has 0 aromatic heterocycles. The highest BCUT2D eigenvalue weighted by atomic mass is 16.6. The standard InChI is InChI=1S/C14H18O3/c1-16-13-9-12(17-14(15)10-13)8-7-11-5-3-2-4-6-11/h2-6,10,12,14-15H,7-9H2,1H3. The van der Waals surface area contributed by atoms with Gasteiger partial charge in [0.2, 0.25) is 0 Å². The van der Waals surface area contributed by atoms with E-state index in [1.807, 2.05) is 18.2 Å². The van der Waals surface area contributed by atoms with Crippen LogP contribution in [0.5, 0.6) is 0 Å². The Morgan fingerprint density at radius 1 is 1.35 bits per heavy atom. The van der Waals surface area contributed by atoms with E-state index in [2.05, 4.69) is 12.1 Å². The van der Waals surface area contributed by atoms with Gasteiger partial charge in [-0.15, -0.1) is 0 Å². The molecule has 0 radical (unpaired) electrons. The van der Waals surface area contributed by atoms with E-state index >= 15 is 0 Å². The molecule has 2 atom stereocenters. The zero-order valence-electron chi connectivity index (χ0n) is 10.0. The number of hydrogen-bond donors (Lipinski definition) is 1. The number of aryl methyl sites for hydroxylation is 1. The van der Waals surface area contributed by atoms with Gasteiger partial charge in [-0.05, 0) is 18.4 Å². The van der Waals surface area contributed by atoms with Gasteiger partial charge < -0.3 is 14.6 Å². The van der Waals surface area contributed by atoms with Crippen molar-refractivity contribution in [3.63, 3.8) is 0 Å². The van der Waals surface area contributed by atoms with Crippen LogP contribution >= 0.6 is 0 Å². The lowest BCUT2D eigenvalue weighted by molar-refractivity contribution is -0.121. The Morgan fingerprint density at radius 2 is 2.12 bits per heavy atom. The molecule has 1 N–H and O–H groups in total. The Morgan fingerprint density at radius 3 is 2.82 bits per heavy atom. The van der Waals surface area contributed by atoms with Crippen LogP contribution in [-0.2, 0) is 15.9 Å². The van der Waals surface area contributed by atoms with Crippen molar-refractivity contribution in [2.75, 3.05) is 7.11 Å². The second-order valence-electron chi connectivity index (χ2n) is 4.21. The van der Waals surface area contributed by atoms with Crippen molar-refractivity contribution < 1.29 is 14.6 Å². The van der Waals surface area contributed by atoms with E-state index in [0.29, 0.717) is 0 Å². The van der Waals surface area contributed by atoms with Crippen LogP contribution in [0, 0.1) is 0 Å². The van der Waals surface area contributed by atoms with Gasteiger partial charge in [-0.3, -0.25) is 0 Å². The van der Waals surface area contributed by atoms with Crippen molar-refractivity contribution in [1.82, 2.24) is 0 Å². The second-order valence-corrected chi connectivity index (χ2v) is 4.21. The van der Waals surface area contributed by atoms with Gasteiger partial charge in [0.1, 0.15) is 0 Å². The topological polar surface area (TPSA) is 38.7 Å². The Hall–Kier alpha value is -1.32. The number of aliphatic hydroxyl groups is 1. The molecule has 1 aromatic carbocycles. The Labute approximate surface area is 102 Å². The van der Waals surface area contributed by atoms with Crippen molar-refractivity contribution in [3.8, 4) is 0 Å². The summed E-state index contributed by atoms with van der Waals surface area (Å²) in [4.78, 5) is 0. The van der Waals surface area contributed by atoms with Gasteiger partial charge in [0.25, 0.3) is 0 Å². The molecule has 0 fully saturated rings. The van der Waals surface area contributed by atoms with E-state index in [-0.39, 0.29) is 6.10 Å². The third kappa shape index (κ3) is 3.58. The Kier molecular flexibility index (Phi) is 4.18. The van der Waals surface area contributed by atoms with Crippen LogP contribution in [-0.4, -0.2) is 24.6 Å². The highest BCUT2D eigenvalue weighted by molar-refractivity contribution is 5.15. The lowest BCUT2D eigenvalue weighted by Gasteiger charge is -2.26. The molecule has 0 spiro atoms. The predicted octanol–water partition coefficient (Wildman–Crippen LogP) is 2.26. The Balaban J connectivity index is 1.86. The summed E-state index contributed by atoms with van der Waals surface area (Å²) < 4.78 is 10.6. The van der Waals surface area contributed by atoms with Crippen LogP contribution in [0.15, 0.2) is 42.2 Å². The number of benzene rings is 1. The van der Waals surface area contributed by atoms with Crippen LogP contribution in [0.1, 0.15) is 18.4 Å².